The molecule has 0 radical (unpaired) electrons. The molecule has 1 fully saturated rings. The molecule has 0 unspecified atom stereocenters. The second kappa shape index (κ2) is 5.82. The molecule has 0 heterocycles. The van der Waals surface area contributed by atoms with Crippen molar-refractivity contribution in [3.8, 4) is 0 Å². The molecule has 0 aromatic carbocycles. The molecule has 1 rings (SSSR count). The first-order valence-corrected chi connectivity index (χ1v) is 7.37. The molecule has 0 saturated heterocycles. The van der Waals surface area contributed by atoms with Crippen molar-refractivity contribution in [3.63, 3.8) is 0 Å². The van der Waals surface area contributed by atoms with E-state index in [4.69, 9.17) is 0 Å². The van der Waals surface area contributed by atoms with Gasteiger partial charge in [0, 0.05) is 12.6 Å². The van der Waals surface area contributed by atoms with Gasteiger partial charge in [0.15, 0.2) is 0 Å². The molecule has 15 heavy (non-hydrogen) atoms. The number of nitrogens with zero attached hydrogens (tertiary/aromatic N) is 1. The fourth-order valence-corrected chi connectivity index (χ4v) is 3.61. The Morgan fingerprint density at radius 1 is 1.33 bits per heavy atom. The summed E-state index contributed by atoms with van der Waals surface area (Å²) in [6.45, 7) is 3.44. The van der Waals surface area contributed by atoms with E-state index in [-0.39, 0.29) is 0 Å². The van der Waals surface area contributed by atoms with Crippen molar-refractivity contribution in [3.05, 3.63) is 0 Å². The van der Waals surface area contributed by atoms with E-state index in [9.17, 15) is 8.42 Å². The normalized spacial score (nSPS) is 17.3. The fraction of sp³-hybridized carbons (Fsp3) is 1.00. The molecular weight excluding hydrogens is 212 g/mol. The predicted molar refractivity (Wildman–Crippen MR) is 62.3 cm³/mol. The van der Waals surface area contributed by atoms with Crippen molar-refractivity contribution >= 4 is 10.0 Å². The van der Waals surface area contributed by atoms with Gasteiger partial charge in [0.1, 0.15) is 0 Å². The molecule has 1 N–H and O–H groups in total. The smallest absolute Gasteiger partial charge is 0.214 e. The van der Waals surface area contributed by atoms with Gasteiger partial charge >= 0.3 is 0 Å². The summed E-state index contributed by atoms with van der Waals surface area (Å²) >= 11 is 0. The van der Waals surface area contributed by atoms with Gasteiger partial charge in [0.05, 0.1) is 5.75 Å². The summed E-state index contributed by atoms with van der Waals surface area (Å²) in [7, 11) is -1.10. The molecule has 0 aromatic heterocycles. The zero-order valence-electron chi connectivity index (χ0n) is 9.70. The Bertz CT molecular complexity index is 273. The predicted octanol–water partition coefficient (Wildman–Crippen LogP) is 0.800. The highest BCUT2D eigenvalue weighted by Crippen LogP contribution is 2.29. The molecule has 0 aromatic rings. The van der Waals surface area contributed by atoms with Crippen LogP contribution in [0.1, 0.15) is 32.6 Å². The van der Waals surface area contributed by atoms with Crippen molar-refractivity contribution in [2.45, 2.75) is 38.6 Å². The van der Waals surface area contributed by atoms with Crippen molar-refractivity contribution < 1.29 is 8.42 Å². The van der Waals surface area contributed by atoms with Crippen LogP contribution in [0.15, 0.2) is 0 Å². The average molecular weight is 234 g/mol. The van der Waals surface area contributed by atoms with Gasteiger partial charge in [-0.05, 0) is 39.3 Å². The first kappa shape index (κ1) is 12.9. The SMILES string of the molecule is CCN(C1CC1)S(=O)(=O)CCCCNC. The lowest BCUT2D eigenvalue weighted by Crippen LogP contribution is -2.34. The zero-order chi connectivity index (χ0) is 11.3. The molecule has 4 nitrogen and oxygen atoms in total. The van der Waals surface area contributed by atoms with Gasteiger partial charge < -0.3 is 5.32 Å². The summed E-state index contributed by atoms with van der Waals surface area (Å²) in [5, 5.41) is 3.02. The van der Waals surface area contributed by atoms with E-state index in [0.717, 1.165) is 32.2 Å². The number of hydrogen-bond acceptors (Lipinski definition) is 3. The Labute approximate surface area is 93.1 Å². The van der Waals surface area contributed by atoms with Crippen LogP contribution in [0.2, 0.25) is 0 Å². The summed E-state index contributed by atoms with van der Waals surface area (Å²) in [5.41, 5.74) is 0. The lowest BCUT2D eigenvalue weighted by molar-refractivity contribution is 0.419. The van der Waals surface area contributed by atoms with E-state index in [0.29, 0.717) is 18.3 Å². The van der Waals surface area contributed by atoms with Gasteiger partial charge in [-0.15, -0.1) is 0 Å². The molecular formula is C10H22N2O2S. The monoisotopic (exact) mass is 234 g/mol. The highest BCUT2D eigenvalue weighted by atomic mass is 32.2. The summed E-state index contributed by atoms with van der Waals surface area (Å²) in [6, 6.07) is 0.310. The highest BCUT2D eigenvalue weighted by molar-refractivity contribution is 7.89. The van der Waals surface area contributed by atoms with E-state index < -0.39 is 10.0 Å². The lowest BCUT2D eigenvalue weighted by Gasteiger charge is -2.19. The minimum atomic E-state index is -2.98. The molecule has 0 bridgehead atoms. The van der Waals surface area contributed by atoms with Crippen LogP contribution in [0.3, 0.4) is 0 Å². The second-order valence-corrected chi connectivity index (χ2v) is 6.10. The van der Waals surface area contributed by atoms with E-state index in [1.807, 2.05) is 14.0 Å². The van der Waals surface area contributed by atoms with Crippen LogP contribution < -0.4 is 5.32 Å². The topological polar surface area (TPSA) is 49.4 Å². The van der Waals surface area contributed by atoms with E-state index >= 15 is 0 Å². The average Bonchev–Trinajstić information content (AvgIpc) is 2.97. The van der Waals surface area contributed by atoms with Gasteiger partial charge in [-0.1, -0.05) is 6.92 Å². The quantitative estimate of drug-likeness (QED) is 0.632. The van der Waals surface area contributed by atoms with Gasteiger partial charge in [-0.25, -0.2) is 8.42 Å². The van der Waals surface area contributed by atoms with E-state index in [2.05, 4.69) is 5.32 Å². The number of rotatable bonds is 8. The van der Waals surface area contributed by atoms with Gasteiger partial charge in [-0.3, -0.25) is 0 Å². The standard InChI is InChI=1S/C10H22N2O2S/c1-3-12(10-6-7-10)15(13,14)9-5-4-8-11-2/h10-11H,3-9H2,1-2H3. The maximum atomic E-state index is 11.9. The first-order chi connectivity index (χ1) is 7.11. The Morgan fingerprint density at radius 3 is 2.47 bits per heavy atom. The number of unbranched alkanes of at least 4 members (excludes halogenated alkanes) is 1. The number of hydrogen-bond donors (Lipinski definition) is 1. The Hall–Kier alpha value is -0.130. The molecule has 0 aliphatic heterocycles. The summed E-state index contributed by atoms with van der Waals surface area (Å²) < 4.78 is 25.5. The maximum absolute atomic E-state index is 11.9. The van der Waals surface area contributed by atoms with Crippen LogP contribution in [0.5, 0.6) is 0 Å². The molecule has 0 amide bonds. The summed E-state index contributed by atoms with van der Waals surface area (Å²) in [5.74, 6) is 0.305. The zero-order valence-corrected chi connectivity index (χ0v) is 10.5. The molecule has 0 spiro atoms. The van der Waals surface area contributed by atoms with Crippen molar-refractivity contribution in [1.82, 2.24) is 9.62 Å². The Kier molecular flexibility index (Phi) is 5.02. The minimum Gasteiger partial charge on any atom is -0.320 e. The third kappa shape index (κ3) is 4.09. The van der Waals surface area contributed by atoms with Crippen molar-refractivity contribution in [1.29, 1.82) is 0 Å². The summed E-state index contributed by atoms with van der Waals surface area (Å²) in [4.78, 5) is 0. The van der Waals surface area contributed by atoms with Gasteiger partial charge in [-0.2, -0.15) is 4.31 Å². The van der Waals surface area contributed by atoms with E-state index in [1.54, 1.807) is 4.31 Å². The molecule has 1 aliphatic rings. The Balaban J connectivity index is 2.35. The fourth-order valence-electron chi connectivity index (χ4n) is 1.75. The van der Waals surface area contributed by atoms with Crippen molar-refractivity contribution in [2.24, 2.45) is 0 Å². The highest BCUT2D eigenvalue weighted by Gasteiger charge is 2.35. The molecule has 1 aliphatic carbocycles. The largest absolute Gasteiger partial charge is 0.320 e. The molecule has 5 heteroatoms. The molecule has 0 atom stereocenters. The second-order valence-electron chi connectivity index (χ2n) is 4.06. The van der Waals surface area contributed by atoms with Crippen LogP contribution in [0, 0.1) is 0 Å². The number of nitrogens with one attached hydrogen (secondary N) is 1. The maximum Gasteiger partial charge on any atom is 0.214 e. The van der Waals surface area contributed by atoms with Gasteiger partial charge in [0.2, 0.25) is 10.0 Å². The van der Waals surface area contributed by atoms with Crippen molar-refractivity contribution in [2.75, 3.05) is 25.9 Å². The molecule has 1 saturated carbocycles. The third-order valence-electron chi connectivity index (χ3n) is 2.70. The minimum absolute atomic E-state index is 0.305. The van der Waals surface area contributed by atoms with Crippen LogP contribution >= 0.6 is 0 Å². The lowest BCUT2D eigenvalue weighted by atomic mass is 10.3. The molecule has 90 valence electrons. The third-order valence-corrected chi connectivity index (χ3v) is 4.78. The number of sulfonamides is 1. The summed E-state index contributed by atoms with van der Waals surface area (Å²) in [6.07, 6.45) is 3.78. The van der Waals surface area contributed by atoms with E-state index in [1.165, 1.54) is 0 Å². The van der Waals surface area contributed by atoms with Crippen LogP contribution in [0.25, 0.3) is 0 Å². The van der Waals surface area contributed by atoms with Gasteiger partial charge in [0.25, 0.3) is 0 Å². The first-order valence-electron chi connectivity index (χ1n) is 5.76. The van der Waals surface area contributed by atoms with Crippen LogP contribution in [-0.2, 0) is 10.0 Å². The Morgan fingerprint density at radius 2 is 2.00 bits per heavy atom. The van der Waals surface area contributed by atoms with Crippen LogP contribution in [0.4, 0.5) is 0 Å². The van der Waals surface area contributed by atoms with Crippen LogP contribution in [-0.4, -0.2) is 44.7 Å².